The highest BCUT2D eigenvalue weighted by Crippen LogP contribution is 2.57. The van der Waals surface area contributed by atoms with Crippen LogP contribution in [0.3, 0.4) is 0 Å². The number of rotatable bonds is 13. The number of carboxylic acids is 1. The number of carboxylic acid groups (broad SMARTS) is 1. The third kappa shape index (κ3) is 8.47. The van der Waals surface area contributed by atoms with E-state index in [9.17, 15) is 19.2 Å². The highest BCUT2D eigenvalue weighted by molar-refractivity contribution is 6.01. The molecule has 2 saturated carbocycles. The number of hydrogen-bond donors (Lipinski definition) is 3. The summed E-state index contributed by atoms with van der Waals surface area (Å²) in [6.45, 7) is 1.78. The van der Waals surface area contributed by atoms with Crippen LogP contribution in [0.5, 0.6) is 0 Å². The molecule has 0 radical (unpaired) electrons. The second-order valence-electron chi connectivity index (χ2n) is 16.3. The van der Waals surface area contributed by atoms with Gasteiger partial charge in [-0.15, -0.1) is 0 Å². The van der Waals surface area contributed by atoms with Crippen molar-refractivity contribution in [1.82, 2.24) is 10.2 Å². The van der Waals surface area contributed by atoms with Gasteiger partial charge in [0.15, 0.2) is 5.78 Å². The van der Waals surface area contributed by atoms with Gasteiger partial charge in [-0.3, -0.25) is 14.4 Å². The van der Waals surface area contributed by atoms with Gasteiger partial charge in [0.1, 0.15) is 0 Å². The van der Waals surface area contributed by atoms with Crippen molar-refractivity contribution in [3.63, 3.8) is 0 Å². The van der Waals surface area contributed by atoms with E-state index in [-0.39, 0.29) is 36.0 Å². The molecule has 2 heterocycles. The fourth-order valence-electron chi connectivity index (χ4n) is 9.53. The number of likely N-dealkylation sites (N-methyl/N-ethyl adjacent to an activating group) is 1. The zero-order valence-electron chi connectivity index (χ0n) is 32.2. The normalized spacial score (nSPS) is 20.3. The number of Topliss-reactive ketones (excluding diaryl/α,β-unsaturated/α-hetero) is 1. The van der Waals surface area contributed by atoms with Gasteiger partial charge in [-0.2, -0.15) is 0 Å². The van der Waals surface area contributed by atoms with Crippen LogP contribution in [-0.2, 0) is 14.4 Å². The van der Waals surface area contributed by atoms with E-state index in [4.69, 9.17) is 5.11 Å². The van der Waals surface area contributed by atoms with Gasteiger partial charge in [0.2, 0.25) is 11.8 Å². The molecule has 2 aliphatic carbocycles. The van der Waals surface area contributed by atoms with Gasteiger partial charge in [-0.25, -0.2) is 4.79 Å². The molecule has 9 nitrogen and oxygen atoms in total. The number of aliphatic carboxylic acids is 1. The third-order valence-corrected chi connectivity index (χ3v) is 12.4. The Morgan fingerprint density at radius 2 is 1.65 bits per heavy atom. The van der Waals surface area contributed by atoms with E-state index in [1.807, 2.05) is 20.2 Å². The third-order valence-electron chi connectivity index (χ3n) is 12.4. The van der Waals surface area contributed by atoms with Crippen molar-refractivity contribution in [2.45, 2.75) is 82.6 Å². The number of carbonyl (C=O) groups is 4. The average Bonchev–Trinajstić information content (AvgIpc) is 3.75. The molecule has 2 fully saturated rings. The minimum absolute atomic E-state index is 0.0292. The lowest BCUT2D eigenvalue weighted by atomic mass is 9.73. The predicted molar refractivity (Wildman–Crippen MR) is 218 cm³/mol. The van der Waals surface area contributed by atoms with Crippen molar-refractivity contribution in [2.75, 3.05) is 43.9 Å². The second kappa shape index (κ2) is 16.8. The molecular formula is C46H54N4O5. The minimum atomic E-state index is -1.02. The van der Waals surface area contributed by atoms with E-state index in [0.29, 0.717) is 36.7 Å². The van der Waals surface area contributed by atoms with Gasteiger partial charge >= 0.3 is 5.97 Å². The first-order chi connectivity index (χ1) is 26.6. The number of amides is 2. The molecule has 4 aliphatic rings. The molecule has 2 aliphatic heterocycles. The number of fused-ring (bicyclic) bond motifs is 5. The van der Waals surface area contributed by atoms with Gasteiger partial charge in [0.25, 0.3) is 0 Å². The van der Waals surface area contributed by atoms with E-state index >= 15 is 0 Å². The molecule has 3 aromatic carbocycles. The van der Waals surface area contributed by atoms with Crippen LogP contribution in [0.25, 0.3) is 12.2 Å². The van der Waals surface area contributed by atoms with Gasteiger partial charge in [-0.1, -0.05) is 80.6 Å². The molecule has 288 valence electrons. The SMILES string of the molecule is CN(C)CCNC(=O)C1=Cc2ccccc2C2C(C3CCCCC3)c3ccc(C(=O)CCC4(C(=O)Nc5ccc(/C=C/C(=O)O)cc5)CCCC4)cc3N2C1. The van der Waals surface area contributed by atoms with Crippen molar-refractivity contribution < 1.29 is 24.3 Å². The summed E-state index contributed by atoms with van der Waals surface area (Å²) in [6, 6.07) is 21.9. The second-order valence-corrected chi connectivity index (χ2v) is 16.3. The number of carbonyl (C=O) groups excluding carboxylic acids is 3. The maximum atomic E-state index is 14.1. The Kier molecular flexibility index (Phi) is 11.7. The first-order valence-electron chi connectivity index (χ1n) is 20.1. The molecule has 9 heteroatoms. The zero-order chi connectivity index (χ0) is 38.5. The standard InChI is InChI=1S/C46H54N4O5/c1-49(2)27-26-47-44(54)35-28-33-12-6-7-13-37(33)43-42(32-10-4-3-5-11-32)38-20-17-34(29-39(38)50(43)30-35)40(51)22-25-46(23-8-9-24-46)45(55)48-36-18-14-31(15-19-36)16-21-41(52)53/h6-7,12-21,28-29,32,42-43H,3-5,8-11,22-27,30H2,1-2H3,(H,47,54)(H,48,55)(H,52,53)/b21-16+. The molecule has 3 aromatic rings. The molecule has 0 bridgehead atoms. The Balaban J connectivity index is 1.14. The lowest BCUT2D eigenvalue weighted by Gasteiger charge is -2.36. The van der Waals surface area contributed by atoms with Crippen molar-refractivity contribution in [3.05, 3.63) is 106 Å². The first-order valence-corrected chi connectivity index (χ1v) is 20.1. The molecule has 0 aromatic heterocycles. The molecule has 0 spiro atoms. The van der Waals surface area contributed by atoms with Crippen LogP contribution in [0.15, 0.2) is 78.4 Å². The van der Waals surface area contributed by atoms with Crippen LogP contribution in [-0.4, -0.2) is 67.3 Å². The summed E-state index contributed by atoms with van der Waals surface area (Å²) in [6.07, 6.45) is 14.8. The summed E-state index contributed by atoms with van der Waals surface area (Å²) >= 11 is 0. The van der Waals surface area contributed by atoms with Crippen LogP contribution in [0.1, 0.15) is 115 Å². The summed E-state index contributed by atoms with van der Waals surface area (Å²) in [7, 11) is 4.00. The van der Waals surface area contributed by atoms with E-state index in [1.54, 1.807) is 24.3 Å². The van der Waals surface area contributed by atoms with Crippen LogP contribution in [0, 0.1) is 11.3 Å². The van der Waals surface area contributed by atoms with Gasteiger partial charge in [-0.05, 0) is 105 Å². The fraction of sp³-hybridized carbons (Fsp3) is 0.435. The highest BCUT2D eigenvalue weighted by atomic mass is 16.4. The van der Waals surface area contributed by atoms with Crippen molar-refractivity contribution in [2.24, 2.45) is 11.3 Å². The number of nitrogens with one attached hydrogen (secondary N) is 2. The minimum Gasteiger partial charge on any atom is -0.478 e. The number of benzene rings is 3. The quantitative estimate of drug-likeness (QED) is 0.119. The molecule has 7 rings (SSSR count). The summed E-state index contributed by atoms with van der Waals surface area (Å²) in [4.78, 5) is 57.1. The van der Waals surface area contributed by atoms with Crippen molar-refractivity contribution >= 4 is 47.1 Å². The Morgan fingerprint density at radius 3 is 2.38 bits per heavy atom. The van der Waals surface area contributed by atoms with E-state index in [1.165, 1.54) is 49.3 Å². The predicted octanol–water partition coefficient (Wildman–Crippen LogP) is 8.25. The Hall–Kier alpha value is -5.02. The molecular weight excluding hydrogens is 689 g/mol. The largest absolute Gasteiger partial charge is 0.478 e. The monoisotopic (exact) mass is 742 g/mol. The van der Waals surface area contributed by atoms with Crippen LogP contribution >= 0.6 is 0 Å². The lowest BCUT2D eigenvalue weighted by molar-refractivity contribution is -0.131. The molecule has 2 amide bonds. The van der Waals surface area contributed by atoms with Crippen LogP contribution in [0.2, 0.25) is 0 Å². The highest BCUT2D eigenvalue weighted by Gasteiger charge is 2.46. The zero-order valence-corrected chi connectivity index (χ0v) is 32.2. The molecule has 3 N–H and O–H groups in total. The molecule has 2 atom stereocenters. The molecule has 2 unspecified atom stereocenters. The first kappa shape index (κ1) is 38.3. The summed E-state index contributed by atoms with van der Waals surface area (Å²) in [5.74, 6) is -0.328. The number of ketones is 1. The maximum Gasteiger partial charge on any atom is 0.328 e. The van der Waals surface area contributed by atoms with E-state index in [2.05, 4.69) is 62.9 Å². The number of hydrogen-bond acceptors (Lipinski definition) is 6. The van der Waals surface area contributed by atoms with Crippen molar-refractivity contribution in [1.29, 1.82) is 0 Å². The summed E-state index contributed by atoms with van der Waals surface area (Å²) in [5, 5.41) is 15.2. The smallest absolute Gasteiger partial charge is 0.328 e. The van der Waals surface area contributed by atoms with E-state index in [0.717, 1.165) is 60.7 Å². The number of nitrogens with zero attached hydrogens (tertiary/aromatic N) is 2. The van der Waals surface area contributed by atoms with Crippen molar-refractivity contribution in [3.8, 4) is 0 Å². The van der Waals surface area contributed by atoms with Gasteiger partial charge in [0.05, 0.1) is 6.04 Å². The van der Waals surface area contributed by atoms with Crippen LogP contribution < -0.4 is 15.5 Å². The average molecular weight is 743 g/mol. The summed E-state index contributed by atoms with van der Waals surface area (Å²) < 4.78 is 0. The topological polar surface area (TPSA) is 119 Å². The maximum absolute atomic E-state index is 14.1. The Morgan fingerprint density at radius 1 is 0.909 bits per heavy atom. The van der Waals surface area contributed by atoms with Gasteiger partial charge < -0.3 is 25.5 Å². The van der Waals surface area contributed by atoms with E-state index < -0.39 is 11.4 Å². The Labute approximate surface area is 324 Å². The van der Waals surface area contributed by atoms with Crippen LogP contribution in [0.4, 0.5) is 11.4 Å². The lowest BCUT2D eigenvalue weighted by Crippen LogP contribution is -2.36. The van der Waals surface area contributed by atoms with Gasteiger partial charge in [0, 0.05) is 66.0 Å². The molecule has 55 heavy (non-hydrogen) atoms. The fourth-order valence-corrected chi connectivity index (χ4v) is 9.53. The summed E-state index contributed by atoms with van der Waals surface area (Å²) in [5.41, 5.74) is 6.77. The Bertz CT molecular complexity index is 1970. The number of anilines is 2. The molecule has 0 saturated heterocycles.